The minimum Gasteiger partial charge on any atom is -0.288 e. The number of hydrazone groups is 1. The number of benzene rings is 2. The van der Waals surface area contributed by atoms with Gasteiger partial charge in [-0.1, -0.05) is 6.07 Å². The maximum Gasteiger partial charge on any atom is 0.416 e. The van der Waals surface area contributed by atoms with Crippen molar-refractivity contribution in [3.05, 3.63) is 70.5 Å². The van der Waals surface area contributed by atoms with E-state index in [9.17, 15) is 27.2 Å². The molecule has 2 rings (SSSR count). The number of alkyl halides is 3. The molecule has 10 heteroatoms. The van der Waals surface area contributed by atoms with E-state index in [1.165, 1.54) is 30.7 Å². The fourth-order valence-corrected chi connectivity index (χ4v) is 2.05. The lowest BCUT2D eigenvalue weighted by Crippen LogP contribution is -2.22. The van der Waals surface area contributed by atoms with Crippen molar-refractivity contribution in [2.45, 2.75) is 6.18 Å². The highest BCUT2D eigenvalue weighted by Crippen LogP contribution is 2.29. The maximum absolute atomic E-state index is 13.9. The third-order valence-electron chi connectivity index (χ3n) is 3.46. The molecule has 0 radical (unpaired) electrons. The van der Waals surface area contributed by atoms with Gasteiger partial charge >= 0.3 is 6.18 Å². The second kappa shape index (κ2) is 7.96. The number of hydrogen-bond donors (Lipinski definition) is 2. The van der Waals surface area contributed by atoms with Crippen molar-refractivity contribution >= 4 is 18.0 Å². The van der Waals surface area contributed by atoms with Crippen LogP contribution >= 0.6 is 0 Å². The van der Waals surface area contributed by atoms with Gasteiger partial charge in [0.1, 0.15) is 5.82 Å². The Bertz CT molecular complexity index is 897. The molecule has 0 spiro atoms. The van der Waals surface area contributed by atoms with Gasteiger partial charge in [-0.15, -0.1) is 0 Å². The van der Waals surface area contributed by atoms with Crippen LogP contribution in [-0.2, 0) is 6.18 Å². The summed E-state index contributed by atoms with van der Waals surface area (Å²) >= 11 is 0. The van der Waals surface area contributed by atoms with Crippen molar-refractivity contribution in [2.24, 2.45) is 5.10 Å². The first-order valence-electron chi connectivity index (χ1n) is 7.36. The molecule has 142 valence electrons. The molecule has 27 heavy (non-hydrogen) atoms. The molecule has 0 aliphatic rings. The Hall–Kier alpha value is -3.27. The standard InChI is InChI=1S/C17H13F4N3O3/c1-24(16(26)11-3-2-4-13(7-11)17(19,20)21)22-9-12-6-5-10(8-14(12)18)15(25)23-27/h2-9,27H,1H3,(H,23,25)/b22-9+. The number of nitrogens with one attached hydrogen (secondary N) is 1. The van der Waals surface area contributed by atoms with E-state index in [0.29, 0.717) is 6.07 Å². The second-order valence-electron chi connectivity index (χ2n) is 5.33. The van der Waals surface area contributed by atoms with Crippen molar-refractivity contribution in [3.8, 4) is 0 Å². The highest BCUT2D eigenvalue weighted by Gasteiger charge is 2.31. The largest absolute Gasteiger partial charge is 0.416 e. The highest BCUT2D eigenvalue weighted by atomic mass is 19.4. The summed E-state index contributed by atoms with van der Waals surface area (Å²) in [6.07, 6.45) is -3.62. The van der Waals surface area contributed by atoms with Crippen LogP contribution in [0.4, 0.5) is 17.6 Å². The molecule has 0 heterocycles. The summed E-state index contributed by atoms with van der Waals surface area (Å²) in [4.78, 5) is 23.4. The Labute approximate surface area is 150 Å². The summed E-state index contributed by atoms with van der Waals surface area (Å²) in [6, 6.07) is 7.07. The lowest BCUT2D eigenvalue weighted by molar-refractivity contribution is -0.137. The number of carbonyl (C=O) groups excluding carboxylic acids is 2. The van der Waals surface area contributed by atoms with E-state index in [1.807, 2.05) is 0 Å². The van der Waals surface area contributed by atoms with Crippen molar-refractivity contribution in [3.63, 3.8) is 0 Å². The molecule has 0 fully saturated rings. The first kappa shape index (κ1) is 20.0. The molecular formula is C17H13F4N3O3. The van der Waals surface area contributed by atoms with Crippen LogP contribution in [0.25, 0.3) is 0 Å². The Kier molecular flexibility index (Phi) is 5.91. The molecule has 0 aliphatic heterocycles. The number of hydroxylamine groups is 1. The Morgan fingerprint density at radius 3 is 2.44 bits per heavy atom. The smallest absolute Gasteiger partial charge is 0.288 e. The van der Waals surface area contributed by atoms with Crippen LogP contribution in [-0.4, -0.2) is 35.3 Å². The minimum absolute atomic E-state index is 0.0758. The quantitative estimate of drug-likeness (QED) is 0.369. The fraction of sp³-hybridized carbons (Fsp3) is 0.118. The Balaban J connectivity index is 2.18. The summed E-state index contributed by atoms with van der Waals surface area (Å²) in [5.74, 6) is -2.58. The van der Waals surface area contributed by atoms with Gasteiger partial charge in [0.25, 0.3) is 11.8 Å². The number of amides is 2. The summed E-state index contributed by atoms with van der Waals surface area (Å²) in [7, 11) is 1.20. The maximum atomic E-state index is 13.9. The van der Waals surface area contributed by atoms with E-state index < -0.39 is 29.4 Å². The van der Waals surface area contributed by atoms with Crippen LogP contribution in [0.15, 0.2) is 47.6 Å². The Morgan fingerprint density at radius 2 is 1.85 bits per heavy atom. The van der Waals surface area contributed by atoms with Gasteiger partial charge < -0.3 is 0 Å². The topological polar surface area (TPSA) is 82.0 Å². The number of hydrogen-bond acceptors (Lipinski definition) is 4. The molecule has 0 saturated heterocycles. The van der Waals surface area contributed by atoms with Crippen LogP contribution in [0.3, 0.4) is 0 Å². The molecule has 2 aromatic rings. The monoisotopic (exact) mass is 383 g/mol. The molecule has 0 aromatic heterocycles. The third kappa shape index (κ3) is 4.88. The molecule has 6 nitrogen and oxygen atoms in total. The molecular weight excluding hydrogens is 370 g/mol. The van der Waals surface area contributed by atoms with Crippen molar-refractivity contribution in [1.82, 2.24) is 10.5 Å². The number of halogens is 4. The molecule has 0 atom stereocenters. The summed E-state index contributed by atoms with van der Waals surface area (Å²) < 4.78 is 52.1. The summed E-state index contributed by atoms with van der Waals surface area (Å²) in [5, 5.41) is 13.0. The van der Waals surface area contributed by atoms with Gasteiger partial charge in [-0.25, -0.2) is 14.9 Å². The zero-order chi connectivity index (χ0) is 20.2. The van der Waals surface area contributed by atoms with Crippen molar-refractivity contribution in [2.75, 3.05) is 7.05 Å². The predicted octanol–water partition coefficient (Wildman–Crippen LogP) is 3.07. The lowest BCUT2D eigenvalue weighted by atomic mass is 10.1. The highest BCUT2D eigenvalue weighted by molar-refractivity contribution is 5.96. The summed E-state index contributed by atoms with van der Waals surface area (Å²) in [5.41, 5.74) is -0.0735. The number of nitrogens with zero attached hydrogens (tertiary/aromatic N) is 2. The molecule has 0 saturated carbocycles. The average Bonchev–Trinajstić information content (AvgIpc) is 2.64. The SMILES string of the molecule is CN(/N=C/c1ccc(C(=O)NO)cc1F)C(=O)c1cccc(C(F)(F)F)c1. The van der Waals surface area contributed by atoms with Crippen LogP contribution in [0, 0.1) is 5.82 Å². The van der Waals surface area contributed by atoms with Gasteiger partial charge in [-0.3, -0.25) is 14.8 Å². The van der Waals surface area contributed by atoms with Gasteiger partial charge in [-0.05, 0) is 36.4 Å². The van der Waals surface area contributed by atoms with E-state index in [4.69, 9.17) is 5.21 Å². The van der Waals surface area contributed by atoms with Gasteiger partial charge in [0, 0.05) is 23.7 Å². The van der Waals surface area contributed by atoms with Crippen LogP contribution in [0.2, 0.25) is 0 Å². The van der Waals surface area contributed by atoms with Gasteiger partial charge in [0.05, 0.1) is 11.8 Å². The first-order valence-corrected chi connectivity index (χ1v) is 7.36. The molecule has 2 aromatic carbocycles. The molecule has 2 N–H and O–H groups in total. The van der Waals surface area contributed by atoms with Gasteiger partial charge in [0.15, 0.2) is 0 Å². The first-order chi connectivity index (χ1) is 12.6. The van der Waals surface area contributed by atoms with Crippen LogP contribution in [0.1, 0.15) is 31.8 Å². The molecule has 0 unspecified atom stereocenters. The van der Waals surface area contributed by atoms with E-state index in [2.05, 4.69) is 5.10 Å². The summed E-state index contributed by atoms with van der Waals surface area (Å²) in [6.45, 7) is 0. The van der Waals surface area contributed by atoms with Gasteiger partial charge in [0.2, 0.25) is 0 Å². The Morgan fingerprint density at radius 1 is 1.15 bits per heavy atom. The predicted molar refractivity (Wildman–Crippen MR) is 86.8 cm³/mol. The molecule has 0 aliphatic carbocycles. The van der Waals surface area contributed by atoms with Crippen LogP contribution < -0.4 is 5.48 Å². The molecule has 0 bridgehead atoms. The number of rotatable bonds is 4. The van der Waals surface area contributed by atoms with Crippen molar-refractivity contribution < 1.29 is 32.4 Å². The fourth-order valence-electron chi connectivity index (χ4n) is 2.05. The average molecular weight is 383 g/mol. The lowest BCUT2D eigenvalue weighted by Gasteiger charge is -2.13. The zero-order valence-corrected chi connectivity index (χ0v) is 13.8. The van der Waals surface area contributed by atoms with E-state index >= 15 is 0 Å². The van der Waals surface area contributed by atoms with Crippen LogP contribution in [0.5, 0.6) is 0 Å². The third-order valence-corrected chi connectivity index (χ3v) is 3.46. The molecule has 2 amide bonds. The number of carbonyl (C=O) groups is 2. The van der Waals surface area contributed by atoms with E-state index in [0.717, 1.165) is 29.4 Å². The minimum atomic E-state index is -4.59. The normalized spacial score (nSPS) is 11.5. The zero-order valence-electron chi connectivity index (χ0n) is 13.8. The van der Waals surface area contributed by atoms with Gasteiger partial charge in [-0.2, -0.15) is 18.3 Å². The van der Waals surface area contributed by atoms with E-state index in [-0.39, 0.29) is 16.7 Å². The van der Waals surface area contributed by atoms with E-state index in [1.54, 1.807) is 0 Å². The second-order valence-corrected chi connectivity index (χ2v) is 5.33. The van der Waals surface area contributed by atoms with Crippen molar-refractivity contribution in [1.29, 1.82) is 0 Å².